The summed E-state index contributed by atoms with van der Waals surface area (Å²) >= 11 is 0. The van der Waals surface area contributed by atoms with E-state index in [0.29, 0.717) is 0 Å². The lowest BCUT2D eigenvalue weighted by atomic mass is 9.98. The molecule has 1 saturated carbocycles. The predicted octanol–water partition coefficient (Wildman–Crippen LogP) is 1.74. The number of methoxy groups -OCH3 is 1. The Bertz CT molecular complexity index is 383. The van der Waals surface area contributed by atoms with Crippen LogP contribution >= 0.6 is 0 Å². The van der Waals surface area contributed by atoms with Crippen molar-refractivity contribution in [1.82, 2.24) is 0 Å². The van der Waals surface area contributed by atoms with Crippen molar-refractivity contribution in [2.45, 2.75) is 38.2 Å². The van der Waals surface area contributed by atoms with E-state index >= 15 is 0 Å². The lowest BCUT2D eigenvalue weighted by Crippen LogP contribution is -2.22. The van der Waals surface area contributed by atoms with Crippen LogP contribution in [-0.2, 0) is 28.5 Å². The Hall–Kier alpha value is -2.05. The maximum atomic E-state index is 11.3. The zero-order chi connectivity index (χ0) is 15.5. The van der Waals surface area contributed by atoms with E-state index in [1.807, 2.05) is 0 Å². The van der Waals surface area contributed by atoms with E-state index in [1.165, 1.54) is 13.5 Å². The topological polar surface area (TPSA) is 88.1 Å². The average Bonchev–Trinajstić information content (AvgIpc) is 2.50. The van der Waals surface area contributed by atoms with E-state index in [-0.39, 0.29) is 19.3 Å². The molecule has 0 atom stereocenters. The van der Waals surface area contributed by atoms with Gasteiger partial charge in [0.2, 0.25) is 0 Å². The molecule has 0 aromatic rings. The van der Waals surface area contributed by atoms with E-state index in [1.54, 1.807) is 0 Å². The van der Waals surface area contributed by atoms with Crippen molar-refractivity contribution in [2.24, 2.45) is 0 Å². The van der Waals surface area contributed by atoms with Gasteiger partial charge in [-0.15, -0.1) is 0 Å². The summed E-state index contributed by atoms with van der Waals surface area (Å²) in [6, 6.07) is 0. The molecule has 0 amide bonds. The second-order valence-electron chi connectivity index (χ2n) is 4.50. The van der Waals surface area contributed by atoms with Crippen LogP contribution in [0.15, 0.2) is 12.2 Å². The van der Waals surface area contributed by atoms with E-state index in [4.69, 9.17) is 14.2 Å². The molecule has 1 rings (SSSR count). The van der Waals surface area contributed by atoms with Crippen molar-refractivity contribution in [3.8, 4) is 0 Å². The van der Waals surface area contributed by atoms with Gasteiger partial charge in [-0.25, -0.2) is 14.4 Å². The molecule has 0 aliphatic heterocycles. The molecular formula is C14H20O7. The minimum Gasteiger partial charge on any atom is -0.466 e. The molecule has 0 N–H and O–H groups in total. The zero-order valence-electron chi connectivity index (χ0n) is 12.0. The molecule has 7 heteroatoms. The molecule has 0 aromatic carbocycles. The van der Waals surface area contributed by atoms with Crippen molar-refractivity contribution in [2.75, 3.05) is 20.3 Å². The first-order chi connectivity index (χ1) is 10.1. The Morgan fingerprint density at radius 1 is 0.952 bits per heavy atom. The highest BCUT2D eigenvalue weighted by Gasteiger charge is 2.18. The van der Waals surface area contributed by atoms with Gasteiger partial charge in [0.1, 0.15) is 19.3 Å². The molecule has 0 saturated heterocycles. The normalized spacial score (nSPS) is 15.5. The van der Waals surface area contributed by atoms with Gasteiger partial charge in [-0.1, -0.05) is 6.42 Å². The maximum Gasteiger partial charge on any atom is 0.508 e. The fourth-order valence-electron chi connectivity index (χ4n) is 1.87. The number of rotatable bonds is 6. The van der Waals surface area contributed by atoms with Crippen LogP contribution in [0.25, 0.3) is 0 Å². The van der Waals surface area contributed by atoms with Gasteiger partial charge in [0, 0.05) is 12.2 Å². The third kappa shape index (κ3) is 7.96. The Morgan fingerprint density at radius 2 is 1.57 bits per heavy atom. The van der Waals surface area contributed by atoms with Crippen LogP contribution < -0.4 is 0 Å². The standard InChI is InChI=1S/C14H20O7/c1-18-12(15)7-8-13(16)19-9-10-20-14(17)21-11-5-3-2-4-6-11/h7-8,11H,2-6,9-10H2,1H3. The molecular weight excluding hydrogens is 280 g/mol. The van der Waals surface area contributed by atoms with Gasteiger partial charge >= 0.3 is 18.1 Å². The molecule has 118 valence electrons. The zero-order valence-corrected chi connectivity index (χ0v) is 12.0. The maximum absolute atomic E-state index is 11.3. The van der Waals surface area contributed by atoms with Crippen LogP contribution in [0.4, 0.5) is 4.79 Å². The van der Waals surface area contributed by atoms with Crippen LogP contribution in [0.1, 0.15) is 32.1 Å². The molecule has 0 heterocycles. The van der Waals surface area contributed by atoms with Gasteiger partial charge in [0.15, 0.2) is 0 Å². The van der Waals surface area contributed by atoms with Gasteiger partial charge in [-0.05, 0) is 25.7 Å². The number of carbonyl (C=O) groups excluding carboxylic acids is 3. The van der Waals surface area contributed by atoms with Crippen molar-refractivity contribution in [1.29, 1.82) is 0 Å². The molecule has 0 bridgehead atoms. The summed E-state index contributed by atoms with van der Waals surface area (Å²) in [6.07, 6.45) is 6.07. The molecule has 1 aliphatic carbocycles. The fraction of sp³-hybridized carbons (Fsp3) is 0.643. The number of ether oxygens (including phenoxy) is 4. The second kappa shape index (κ2) is 9.79. The molecule has 21 heavy (non-hydrogen) atoms. The van der Waals surface area contributed by atoms with E-state index < -0.39 is 18.1 Å². The Balaban J connectivity index is 2.07. The number of hydrogen-bond acceptors (Lipinski definition) is 7. The van der Waals surface area contributed by atoms with Crippen LogP contribution in [0.3, 0.4) is 0 Å². The van der Waals surface area contributed by atoms with Gasteiger partial charge < -0.3 is 18.9 Å². The van der Waals surface area contributed by atoms with Gasteiger partial charge in [-0.3, -0.25) is 0 Å². The summed E-state index contributed by atoms with van der Waals surface area (Å²) in [6.45, 7) is -0.201. The molecule has 0 radical (unpaired) electrons. The van der Waals surface area contributed by atoms with Gasteiger partial charge in [-0.2, -0.15) is 0 Å². The van der Waals surface area contributed by atoms with E-state index in [2.05, 4.69) is 4.74 Å². The molecule has 0 spiro atoms. The third-order valence-corrected chi connectivity index (χ3v) is 2.92. The first-order valence-corrected chi connectivity index (χ1v) is 6.88. The first-order valence-electron chi connectivity index (χ1n) is 6.88. The van der Waals surface area contributed by atoms with Crippen molar-refractivity contribution in [3.05, 3.63) is 12.2 Å². The minimum atomic E-state index is -0.747. The molecule has 0 aromatic heterocycles. The lowest BCUT2D eigenvalue weighted by molar-refractivity contribution is -0.140. The monoisotopic (exact) mass is 300 g/mol. The first kappa shape index (κ1) is 17.0. The van der Waals surface area contributed by atoms with Gasteiger partial charge in [0.05, 0.1) is 7.11 Å². The number of carbonyl (C=O) groups is 3. The smallest absolute Gasteiger partial charge is 0.466 e. The second-order valence-corrected chi connectivity index (χ2v) is 4.50. The highest BCUT2D eigenvalue weighted by molar-refractivity contribution is 5.91. The number of hydrogen-bond donors (Lipinski definition) is 0. The third-order valence-electron chi connectivity index (χ3n) is 2.92. The van der Waals surface area contributed by atoms with E-state index in [9.17, 15) is 14.4 Å². The highest BCUT2D eigenvalue weighted by atomic mass is 16.7. The lowest BCUT2D eigenvalue weighted by Gasteiger charge is -2.21. The summed E-state index contributed by atoms with van der Waals surface area (Å²) < 4.78 is 18.9. The largest absolute Gasteiger partial charge is 0.508 e. The molecule has 1 fully saturated rings. The summed E-state index contributed by atoms with van der Waals surface area (Å²) in [4.78, 5) is 33.2. The van der Waals surface area contributed by atoms with Crippen LogP contribution in [0, 0.1) is 0 Å². The quantitative estimate of drug-likeness (QED) is 0.319. The average molecular weight is 300 g/mol. The summed E-state index contributed by atoms with van der Waals surface area (Å²) in [5.74, 6) is -1.37. The SMILES string of the molecule is COC(=O)C=CC(=O)OCCOC(=O)OC1CCCCC1. The highest BCUT2D eigenvalue weighted by Crippen LogP contribution is 2.20. The van der Waals surface area contributed by atoms with Crippen LogP contribution in [-0.4, -0.2) is 44.5 Å². The predicted molar refractivity (Wildman–Crippen MR) is 71.4 cm³/mol. The van der Waals surface area contributed by atoms with Crippen LogP contribution in [0.5, 0.6) is 0 Å². The van der Waals surface area contributed by atoms with Crippen LogP contribution in [0.2, 0.25) is 0 Å². The Morgan fingerprint density at radius 3 is 2.24 bits per heavy atom. The van der Waals surface area contributed by atoms with E-state index in [0.717, 1.165) is 37.8 Å². The van der Waals surface area contributed by atoms with Crippen molar-refractivity contribution in [3.63, 3.8) is 0 Å². The number of esters is 2. The Kier molecular flexibility index (Phi) is 7.93. The van der Waals surface area contributed by atoms with Crippen molar-refractivity contribution < 1.29 is 33.3 Å². The molecule has 1 aliphatic rings. The summed E-state index contributed by atoms with van der Waals surface area (Å²) in [5.41, 5.74) is 0. The summed E-state index contributed by atoms with van der Waals surface area (Å²) in [5, 5.41) is 0. The minimum absolute atomic E-state index is 0.0724. The molecule has 7 nitrogen and oxygen atoms in total. The summed E-state index contributed by atoms with van der Waals surface area (Å²) in [7, 11) is 1.20. The molecule has 0 unspecified atom stereocenters. The van der Waals surface area contributed by atoms with Crippen molar-refractivity contribution >= 4 is 18.1 Å². The fourth-order valence-corrected chi connectivity index (χ4v) is 1.87. The van der Waals surface area contributed by atoms with Gasteiger partial charge in [0.25, 0.3) is 0 Å². The Labute approximate surface area is 123 Å².